The van der Waals surface area contributed by atoms with E-state index < -0.39 is 5.97 Å². The third kappa shape index (κ3) is 4.30. The average Bonchev–Trinajstić information content (AvgIpc) is 2.75. The number of carbonyl (C=O) groups is 2. The highest BCUT2D eigenvalue weighted by molar-refractivity contribution is 14.1. The zero-order chi connectivity index (χ0) is 14.5. The molecule has 20 heavy (non-hydrogen) atoms. The van der Waals surface area contributed by atoms with E-state index in [4.69, 9.17) is 5.11 Å². The van der Waals surface area contributed by atoms with Gasteiger partial charge in [-0.05, 0) is 40.8 Å². The van der Waals surface area contributed by atoms with Gasteiger partial charge in [0.2, 0.25) is 5.91 Å². The Morgan fingerprint density at radius 2 is 2.20 bits per heavy atom. The Morgan fingerprint density at radius 1 is 1.40 bits per heavy atom. The van der Waals surface area contributed by atoms with Gasteiger partial charge in [0.15, 0.2) is 0 Å². The molecule has 0 aliphatic rings. The van der Waals surface area contributed by atoms with Crippen LogP contribution in [0.4, 0.5) is 5.69 Å². The Bertz CT molecular complexity index is 641. The lowest BCUT2D eigenvalue weighted by atomic mass is 10.3. The number of aromatic nitrogens is 3. The standard InChI is InChI=1S/C12H11IN4O3/c13-8-2-1-3-9(4-8)14-11(18)7-17-6-10(15-16-17)5-12(19)20/h1-4,6H,5,7H2,(H,14,18)(H,19,20). The summed E-state index contributed by atoms with van der Waals surface area (Å²) in [6.07, 6.45) is 1.24. The fourth-order valence-corrected chi connectivity index (χ4v) is 2.11. The number of benzene rings is 1. The Balaban J connectivity index is 1.94. The molecule has 0 saturated heterocycles. The number of nitrogens with zero attached hydrogens (tertiary/aromatic N) is 3. The lowest BCUT2D eigenvalue weighted by Gasteiger charge is -2.05. The lowest BCUT2D eigenvalue weighted by molar-refractivity contribution is -0.136. The Labute approximate surface area is 128 Å². The van der Waals surface area contributed by atoms with E-state index in [1.165, 1.54) is 10.9 Å². The van der Waals surface area contributed by atoms with Crippen molar-refractivity contribution in [3.05, 3.63) is 39.7 Å². The lowest BCUT2D eigenvalue weighted by Crippen LogP contribution is -2.19. The van der Waals surface area contributed by atoms with Gasteiger partial charge in [-0.15, -0.1) is 5.10 Å². The van der Waals surface area contributed by atoms with Gasteiger partial charge >= 0.3 is 5.97 Å². The Hall–Kier alpha value is -1.97. The maximum atomic E-state index is 11.8. The third-order valence-corrected chi connectivity index (χ3v) is 3.00. The number of aliphatic carboxylic acids is 1. The van der Waals surface area contributed by atoms with E-state index in [0.717, 1.165) is 3.57 Å². The number of halogens is 1. The number of rotatable bonds is 5. The summed E-state index contributed by atoms with van der Waals surface area (Å²) >= 11 is 2.16. The van der Waals surface area contributed by atoms with Gasteiger partial charge in [-0.25, -0.2) is 4.68 Å². The van der Waals surface area contributed by atoms with Gasteiger partial charge in [0.05, 0.1) is 12.1 Å². The van der Waals surface area contributed by atoms with E-state index in [1.807, 2.05) is 18.2 Å². The Morgan fingerprint density at radius 3 is 2.90 bits per heavy atom. The highest BCUT2D eigenvalue weighted by atomic mass is 127. The maximum absolute atomic E-state index is 11.8. The van der Waals surface area contributed by atoms with Crippen LogP contribution >= 0.6 is 22.6 Å². The molecule has 7 nitrogen and oxygen atoms in total. The Kier molecular flexibility index (Phi) is 4.66. The maximum Gasteiger partial charge on any atom is 0.309 e. The molecule has 2 aromatic rings. The number of amides is 1. The number of hydrogen-bond acceptors (Lipinski definition) is 4. The zero-order valence-corrected chi connectivity index (χ0v) is 12.4. The third-order valence-electron chi connectivity index (χ3n) is 2.33. The van der Waals surface area contributed by atoms with Gasteiger partial charge in [0, 0.05) is 15.5 Å². The molecule has 1 aromatic heterocycles. The van der Waals surface area contributed by atoms with Gasteiger partial charge in [-0.1, -0.05) is 11.3 Å². The van der Waals surface area contributed by atoms with Crippen LogP contribution in [-0.4, -0.2) is 32.0 Å². The molecule has 2 rings (SSSR count). The fraction of sp³-hybridized carbons (Fsp3) is 0.167. The second kappa shape index (κ2) is 6.46. The second-order valence-electron chi connectivity index (χ2n) is 4.04. The average molecular weight is 386 g/mol. The summed E-state index contributed by atoms with van der Waals surface area (Å²) in [5.74, 6) is -1.24. The number of nitrogens with one attached hydrogen (secondary N) is 1. The van der Waals surface area contributed by atoms with Crippen molar-refractivity contribution >= 4 is 40.2 Å². The minimum absolute atomic E-state index is 0.0158. The molecule has 0 atom stereocenters. The number of carboxylic acid groups (broad SMARTS) is 1. The van der Waals surface area contributed by atoms with Crippen molar-refractivity contribution < 1.29 is 14.7 Å². The molecule has 1 amide bonds. The molecule has 0 unspecified atom stereocenters. The van der Waals surface area contributed by atoms with E-state index in [2.05, 4.69) is 38.2 Å². The van der Waals surface area contributed by atoms with E-state index in [9.17, 15) is 9.59 Å². The van der Waals surface area contributed by atoms with Crippen molar-refractivity contribution in [2.75, 3.05) is 5.32 Å². The summed E-state index contributed by atoms with van der Waals surface area (Å²) in [5, 5.41) is 18.7. The number of hydrogen-bond donors (Lipinski definition) is 2. The molecule has 0 bridgehead atoms. The largest absolute Gasteiger partial charge is 0.481 e. The van der Waals surface area contributed by atoms with Gasteiger partial charge in [0.1, 0.15) is 6.54 Å². The van der Waals surface area contributed by atoms with Gasteiger partial charge in [-0.2, -0.15) is 0 Å². The van der Waals surface area contributed by atoms with E-state index in [1.54, 1.807) is 6.07 Å². The first-order valence-electron chi connectivity index (χ1n) is 5.69. The molecule has 0 spiro atoms. The SMILES string of the molecule is O=C(O)Cc1cn(CC(=O)Nc2cccc(I)c2)nn1. The summed E-state index contributed by atoms with van der Waals surface area (Å²) in [6, 6.07) is 7.40. The van der Waals surface area contributed by atoms with E-state index >= 15 is 0 Å². The molecule has 1 heterocycles. The van der Waals surface area contributed by atoms with Crippen LogP contribution in [0.25, 0.3) is 0 Å². The van der Waals surface area contributed by atoms with Crippen LogP contribution in [0, 0.1) is 3.57 Å². The summed E-state index contributed by atoms with van der Waals surface area (Å²) < 4.78 is 2.33. The van der Waals surface area contributed by atoms with Crippen LogP contribution < -0.4 is 5.32 Å². The zero-order valence-electron chi connectivity index (χ0n) is 10.3. The minimum Gasteiger partial charge on any atom is -0.481 e. The summed E-state index contributed by atoms with van der Waals surface area (Å²) in [7, 11) is 0. The molecule has 0 saturated carbocycles. The van der Waals surface area contributed by atoms with Crippen molar-refractivity contribution in [3.63, 3.8) is 0 Å². The molecular formula is C12H11IN4O3. The van der Waals surface area contributed by atoms with Crippen molar-refractivity contribution in [2.24, 2.45) is 0 Å². The molecule has 1 aromatic carbocycles. The van der Waals surface area contributed by atoms with Crippen LogP contribution in [0.2, 0.25) is 0 Å². The molecule has 2 N–H and O–H groups in total. The first-order chi connectivity index (χ1) is 9.52. The van der Waals surface area contributed by atoms with E-state index in [0.29, 0.717) is 11.4 Å². The number of carboxylic acids is 1. The molecular weight excluding hydrogens is 375 g/mol. The molecule has 8 heteroatoms. The number of carbonyl (C=O) groups excluding carboxylic acids is 1. The van der Waals surface area contributed by atoms with Crippen LogP contribution in [0.1, 0.15) is 5.69 Å². The minimum atomic E-state index is -0.986. The van der Waals surface area contributed by atoms with Crippen LogP contribution in [-0.2, 0) is 22.6 Å². The van der Waals surface area contributed by atoms with Gasteiger partial charge in [-0.3, -0.25) is 9.59 Å². The quantitative estimate of drug-likeness (QED) is 0.752. The fourth-order valence-electron chi connectivity index (χ4n) is 1.57. The predicted molar refractivity (Wildman–Crippen MR) is 79.2 cm³/mol. The first kappa shape index (κ1) is 14.4. The second-order valence-corrected chi connectivity index (χ2v) is 5.28. The normalized spacial score (nSPS) is 10.2. The van der Waals surface area contributed by atoms with Gasteiger partial charge in [0.25, 0.3) is 0 Å². The summed E-state index contributed by atoms with van der Waals surface area (Å²) in [4.78, 5) is 22.3. The first-order valence-corrected chi connectivity index (χ1v) is 6.77. The monoisotopic (exact) mass is 386 g/mol. The van der Waals surface area contributed by atoms with Crippen molar-refractivity contribution in [1.29, 1.82) is 0 Å². The molecule has 0 radical (unpaired) electrons. The van der Waals surface area contributed by atoms with Crippen molar-refractivity contribution in [1.82, 2.24) is 15.0 Å². The highest BCUT2D eigenvalue weighted by Crippen LogP contribution is 2.12. The van der Waals surface area contributed by atoms with Crippen LogP contribution in [0.15, 0.2) is 30.5 Å². The van der Waals surface area contributed by atoms with Crippen molar-refractivity contribution in [2.45, 2.75) is 13.0 Å². The van der Waals surface area contributed by atoms with Gasteiger partial charge < -0.3 is 10.4 Å². The molecule has 104 valence electrons. The van der Waals surface area contributed by atoms with Crippen LogP contribution in [0.3, 0.4) is 0 Å². The highest BCUT2D eigenvalue weighted by Gasteiger charge is 2.09. The molecule has 0 aliphatic heterocycles. The van der Waals surface area contributed by atoms with E-state index in [-0.39, 0.29) is 18.9 Å². The summed E-state index contributed by atoms with van der Waals surface area (Å²) in [6.45, 7) is -0.0158. The summed E-state index contributed by atoms with van der Waals surface area (Å²) in [5.41, 5.74) is 1.02. The molecule has 0 aliphatic carbocycles. The smallest absolute Gasteiger partial charge is 0.309 e. The number of anilines is 1. The van der Waals surface area contributed by atoms with Crippen LogP contribution in [0.5, 0.6) is 0 Å². The van der Waals surface area contributed by atoms with Crippen molar-refractivity contribution in [3.8, 4) is 0 Å². The predicted octanol–water partition coefficient (Wildman–Crippen LogP) is 1.15. The molecule has 0 fully saturated rings. The topological polar surface area (TPSA) is 97.1 Å².